The molecule has 1 aliphatic heterocycles. The molecule has 2 heterocycles. The molecule has 0 aromatic carbocycles. The first-order valence-corrected chi connectivity index (χ1v) is 5.41. The van der Waals surface area contributed by atoms with Crippen molar-refractivity contribution >= 4 is 5.97 Å². The Labute approximate surface area is 94.1 Å². The Morgan fingerprint density at radius 1 is 1.56 bits per heavy atom. The molecular formula is C11H15N3O2. The first-order chi connectivity index (χ1) is 7.68. The standard InChI is InChI=1S/C11H15N3O2/c1-8-3-6-14(10(8)11(15)16)7-9-12-4-2-5-13-9/h2,4-5,8,10H,3,6-7H2,1H3,(H,15,16). The summed E-state index contributed by atoms with van der Waals surface area (Å²) in [6.45, 7) is 3.29. The number of hydrogen-bond donors (Lipinski definition) is 1. The molecule has 5 nitrogen and oxygen atoms in total. The fraction of sp³-hybridized carbons (Fsp3) is 0.545. The second-order valence-electron chi connectivity index (χ2n) is 4.18. The van der Waals surface area contributed by atoms with Crippen molar-refractivity contribution in [1.82, 2.24) is 14.9 Å². The van der Waals surface area contributed by atoms with Crippen LogP contribution in [-0.4, -0.2) is 38.5 Å². The largest absolute Gasteiger partial charge is 0.480 e. The van der Waals surface area contributed by atoms with Crippen LogP contribution in [0.3, 0.4) is 0 Å². The maximum Gasteiger partial charge on any atom is 0.321 e. The summed E-state index contributed by atoms with van der Waals surface area (Å²) < 4.78 is 0. The highest BCUT2D eigenvalue weighted by Crippen LogP contribution is 2.24. The lowest BCUT2D eigenvalue weighted by molar-refractivity contribution is -0.143. The molecule has 1 aliphatic rings. The first-order valence-electron chi connectivity index (χ1n) is 5.41. The minimum atomic E-state index is -0.749. The highest BCUT2D eigenvalue weighted by atomic mass is 16.4. The van der Waals surface area contributed by atoms with E-state index in [1.165, 1.54) is 0 Å². The summed E-state index contributed by atoms with van der Waals surface area (Å²) in [5.41, 5.74) is 0. The van der Waals surface area contributed by atoms with E-state index >= 15 is 0 Å². The van der Waals surface area contributed by atoms with Gasteiger partial charge in [0.1, 0.15) is 11.9 Å². The number of carboxylic acid groups (broad SMARTS) is 1. The lowest BCUT2D eigenvalue weighted by Crippen LogP contribution is -2.38. The highest BCUT2D eigenvalue weighted by Gasteiger charge is 2.36. The van der Waals surface area contributed by atoms with E-state index in [0.717, 1.165) is 13.0 Å². The molecule has 86 valence electrons. The average molecular weight is 221 g/mol. The third-order valence-electron chi connectivity index (χ3n) is 3.02. The van der Waals surface area contributed by atoms with Crippen molar-refractivity contribution in [2.45, 2.75) is 25.9 Å². The Morgan fingerprint density at radius 3 is 2.88 bits per heavy atom. The molecule has 0 amide bonds. The van der Waals surface area contributed by atoms with Crippen LogP contribution in [0.15, 0.2) is 18.5 Å². The van der Waals surface area contributed by atoms with Crippen molar-refractivity contribution in [3.63, 3.8) is 0 Å². The van der Waals surface area contributed by atoms with Crippen LogP contribution in [0.1, 0.15) is 19.2 Å². The first kappa shape index (κ1) is 11.0. The van der Waals surface area contributed by atoms with Crippen LogP contribution in [0.4, 0.5) is 0 Å². The van der Waals surface area contributed by atoms with Crippen LogP contribution in [0.5, 0.6) is 0 Å². The molecule has 2 rings (SSSR count). The summed E-state index contributed by atoms with van der Waals surface area (Å²) in [6, 6.07) is 1.36. The van der Waals surface area contributed by atoms with Crippen LogP contribution >= 0.6 is 0 Å². The lowest BCUT2D eigenvalue weighted by atomic mass is 10.0. The van der Waals surface area contributed by atoms with Crippen molar-refractivity contribution in [1.29, 1.82) is 0 Å². The fourth-order valence-corrected chi connectivity index (χ4v) is 2.20. The van der Waals surface area contributed by atoms with Gasteiger partial charge in [0, 0.05) is 12.4 Å². The monoisotopic (exact) mass is 221 g/mol. The van der Waals surface area contributed by atoms with E-state index in [4.69, 9.17) is 5.11 Å². The van der Waals surface area contributed by atoms with Gasteiger partial charge in [-0.15, -0.1) is 0 Å². The molecule has 0 radical (unpaired) electrons. The van der Waals surface area contributed by atoms with Gasteiger partial charge in [-0.25, -0.2) is 9.97 Å². The predicted molar refractivity (Wildman–Crippen MR) is 57.6 cm³/mol. The molecule has 0 aliphatic carbocycles. The predicted octanol–water partition coefficient (Wildman–Crippen LogP) is 0.772. The second kappa shape index (κ2) is 4.57. The van der Waals surface area contributed by atoms with Crippen molar-refractivity contribution in [3.05, 3.63) is 24.3 Å². The van der Waals surface area contributed by atoms with Crippen molar-refractivity contribution < 1.29 is 9.90 Å². The smallest absolute Gasteiger partial charge is 0.321 e. The Morgan fingerprint density at radius 2 is 2.25 bits per heavy atom. The van der Waals surface area contributed by atoms with E-state index in [1.54, 1.807) is 18.5 Å². The van der Waals surface area contributed by atoms with Crippen molar-refractivity contribution in [2.75, 3.05) is 6.54 Å². The molecule has 0 bridgehead atoms. The minimum Gasteiger partial charge on any atom is -0.480 e. The molecule has 1 aromatic rings. The summed E-state index contributed by atoms with van der Waals surface area (Å²) in [5.74, 6) is 0.130. The number of rotatable bonds is 3. The summed E-state index contributed by atoms with van der Waals surface area (Å²) in [5, 5.41) is 9.15. The van der Waals surface area contributed by atoms with E-state index in [9.17, 15) is 4.79 Å². The van der Waals surface area contributed by atoms with E-state index in [-0.39, 0.29) is 5.92 Å². The zero-order valence-corrected chi connectivity index (χ0v) is 9.21. The Bertz CT molecular complexity index is 369. The number of nitrogens with zero attached hydrogens (tertiary/aromatic N) is 3. The van der Waals surface area contributed by atoms with Crippen molar-refractivity contribution in [2.24, 2.45) is 5.92 Å². The third kappa shape index (κ3) is 2.19. The summed E-state index contributed by atoms with van der Waals surface area (Å²) >= 11 is 0. The maximum atomic E-state index is 11.1. The third-order valence-corrected chi connectivity index (χ3v) is 3.02. The van der Waals surface area contributed by atoms with E-state index in [2.05, 4.69) is 9.97 Å². The van der Waals surface area contributed by atoms with Crippen LogP contribution in [0.25, 0.3) is 0 Å². The number of carboxylic acids is 1. The van der Waals surface area contributed by atoms with Gasteiger partial charge in [0.15, 0.2) is 0 Å². The van der Waals surface area contributed by atoms with Crippen LogP contribution in [0.2, 0.25) is 0 Å². The minimum absolute atomic E-state index is 0.196. The molecule has 16 heavy (non-hydrogen) atoms. The molecular weight excluding hydrogens is 206 g/mol. The molecule has 5 heteroatoms. The molecule has 1 fully saturated rings. The van der Waals surface area contributed by atoms with Gasteiger partial charge in [0.25, 0.3) is 0 Å². The van der Waals surface area contributed by atoms with Gasteiger partial charge < -0.3 is 5.11 Å². The van der Waals surface area contributed by atoms with Gasteiger partial charge >= 0.3 is 5.97 Å². The van der Waals surface area contributed by atoms with E-state index in [1.807, 2.05) is 11.8 Å². The number of aromatic nitrogens is 2. The molecule has 2 unspecified atom stereocenters. The molecule has 1 saturated heterocycles. The van der Waals surface area contributed by atoms with Crippen molar-refractivity contribution in [3.8, 4) is 0 Å². The Hall–Kier alpha value is -1.49. The highest BCUT2D eigenvalue weighted by molar-refractivity contribution is 5.74. The number of likely N-dealkylation sites (tertiary alicyclic amines) is 1. The molecule has 2 atom stereocenters. The van der Waals surface area contributed by atoms with Gasteiger partial charge in [0.05, 0.1) is 6.54 Å². The van der Waals surface area contributed by atoms with Crippen LogP contribution < -0.4 is 0 Å². The van der Waals surface area contributed by atoms with Gasteiger partial charge in [-0.05, 0) is 24.9 Å². The lowest BCUT2D eigenvalue weighted by Gasteiger charge is -2.21. The quantitative estimate of drug-likeness (QED) is 0.816. The Balaban J connectivity index is 2.07. The second-order valence-corrected chi connectivity index (χ2v) is 4.18. The SMILES string of the molecule is CC1CCN(Cc2ncccn2)C1C(=O)O. The summed E-state index contributed by atoms with van der Waals surface area (Å²) in [4.78, 5) is 21.3. The number of hydrogen-bond acceptors (Lipinski definition) is 4. The van der Waals surface area contributed by atoms with Crippen LogP contribution in [0, 0.1) is 5.92 Å². The number of aliphatic carboxylic acids is 1. The zero-order chi connectivity index (χ0) is 11.5. The summed E-state index contributed by atoms with van der Waals surface area (Å²) in [7, 11) is 0. The van der Waals surface area contributed by atoms with Gasteiger partial charge in [-0.3, -0.25) is 9.69 Å². The zero-order valence-electron chi connectivity index (χ0n) is 9.21. The fourth-order valence-electron chi connectivity index (χ4n) is 2.20. The Kier molecular flexibility index (Phi) is 3.14. The maximum absolute atomic E-state index is 11.1. The van der Waals surface area contributed by atoms with E-state index < -0.39 is 12.0 Å². The average Bonchev–Trinajstić information content (AvgIpc) is 2.61. The topological polar surface area (TPSA) is 66.3 Å². The van der Waals surface area contributed by atoms with Crippen LogP contribution in [-0.2, 0) is 11.3 Å². The van der Waals surface area contributed by atoms with Gasteiger partial charge in [0.2, 0.25) is 0 Å². The molecule has 0 spiro atoms. The molecule has 0 saturated carbocycles. The summed E-state index contributed by atoms with van der Waals surface area (Å²) in [6.07, 6.45) is 4.28. The van der Waals surface area contributed by atoms with E-state index in [0.29, 0.717) is 12.4 Å². The van der Waals surface area contributed by atoms with Gasteiger partial charge in [-0.2, -0.15) is 0 Å². The van der Waals surface area contributed by atoms with Gasteiger partial charge in [-0.1, -0.05) is 6.92 Å². The number of carbonyl (C=O) groups is 1. The normalized spacial score (nSPS) is 25.8. The molecule has 1 N–H and O–H groups in total. The molecule has 1 aromatic heterocycles.